The van der Waals surface area contributed by atoms with E-state index in [9.17, 15) is 10.2 Å². The molecule has 0 heterocycles. The van der Waals surface area contributed by atoms with Crippen LogP contribution in [0.25, 0.3) is 0 Å². The van der Waals surface area contributed by atoms with Crippen molar-refractivity contribution >= 4 is 0 Å². The molecule has 2 aliphatic carbocycles. The first-order valence-electron chi connectivity index (χ1n) is 11.5. The van der Waals surface area contributed by atoms with Gasteiger partial charge in [0.25, 0.3) is 0 Å². The summed E-state index contributed by atoms with van der Waals surface area (Å²) in [5.41, 5.74) is 2.49. The van der Waals surface area contributed by atoms with E-state index in [2.05, 4.69) is 50.3 Å². The van der Waals surface area contributed by atoms with E-state index in [4.69, 9.17) is 0 Å². The molecule has 0 radical (unpaired) electrons. The van der Waals surface area contributed by atoms with E-state index in [-0.39, 0.29) is 11.8 Å². The molecule has 4 atom stereocenters. The maximum atomic E-state index is 11.6. The van der Waals surface area contributed by atoms with Crippen molar-refractivity contribution in [2.24, 2.45) is 23.7 Å². The summed E-state index contributed by atoms with van der Waals surface area (Å²) in [5, 5.41) is 23.2. The summed E-state index contributed by atoms with van der Waals surface area (Å²) in [6, 6.07) is 16.5. The summed E-state index contributed by atoms with van der Waals surface area (Å²) in [6.07, 6.45) is 9.12. The SMILES string of the molecule is Cc1cccc([C@](C)(O)[C@@H](/C=C\[C@H](C2CC2)[C@](C)(O)c2cccc(C)c2)C2CC2)c1. The normalized spacial score (nSPS) is 23.0. The van der Waals surface area contributed by atoms with E-state index in [0.29, 0.717) is 11.8 Å². The fourth-order valence-electron chi connectivity index (χ4n) is 5.06. The van der Waals surface area contributed by atoms with Crippen molar-refractivity contribution in [3.63, 3.8) is 0 Å². The summed E-state index contributed by atoms with van der Waals surface area (Å²) >= 11 is 0. The largest absolute Gasteiger partial charge is 0.385 e. The van der Waals surface area contributed by atoms with Crippen molar-refractivity contribution in [3.05, 3.63) is 82.9 Å². The van der Waals surface area contributed by atoms with Crippen molar-refractivity contribution in [1.29, 1.82) is 0 Å². The van der Waals surface area contributed by atoms with E-state index in [1.165, 1.54) is 36.8 Å². The Morgan fingerprint density at radius 1 is 0.733 bits per heavy atom. The Morgan fingerprint density at radius 3 is 1.40 bits per heavy atom. The highest BCUT2D eigenvalue weighted by atomic mass is 16.3. The molecule has 2 N–H and O–H groups in total. The van der Waals surface area contributed by atoms with Gasteiger partial charge in [0.15, 0.2) is 0 Å². The van der Waals surface area contributed by atoms with Crippen LogP contribution < -0.4 is 0 Å². The van der Waals surface area contributed by atoms with Crippen LogP contribution in [0.15, 0.2) is 60.7 Å². The van der Waals surface area contributed by atoms with Crippen molar-refractivity contribution in [1.82, 2.24) is 0 Å². The van der Waals surface area contributed by atoms with Crippen LogP contribution in [0.1, 0.15) is 61.8 Å². The quantitative estimate of drug-likeness (QED) is 0.528. The van der Waals surface area contributed by atoms with E-state index < -0.39 is 11.2 Å². The molecule has 2 saturated carbocycles. The first-order valence-corrected chi connectivity index (χ1v) is 11.5. The maximum absolute atomic E-state index is 11.6. The average molecular weight is 405 g/mol. The second kappa shape index (κ2) is 7.98. The summed E-state index contributed by atoms with van der Waals surface area (Å²) < 4.78 is 0. The van der Waals surface area contributed by atoms with Crippen LogP contribution >= 0.6 is 0 Å². The van der Waals surface area contributed by atoms with Gasteiger partial charge in [-0.15, -0.1) is 0 Å². The number of hydrogen-bond donors (Lipinski definition) is 2. The molecule has 0 spiro atoms. The van der Waals surface area contributed by atoms with Gasteiger partial charge in [-0.25, -0.2) is 0 Å². The second-order valence-electron chi connectivity index (χ2n) is 10.1. The highest BCUT2D eigenvalue weighted by molar-refractivity contribution is 5.31. The molecule has 0 amide bonds. The lowest BCUT2D eigenvalue weighted by Gasteiger charge is -2.35. The third kappa shape index (κ3) is 4.40. The molecule has 4 rings (SSSR count). The zero-order chi connectivity index (χ0) is 21.5. The molecule has 2 nitrogen and oxygen atoms in total. The van der Waals surface area contributed by atoms with Crippen molar-refractivity contribution in [2.45, 2.75) is 64.6 Å². The van der Waals surface area contributed by atoms with Crippen LogP contribution in [0.2, 0.25) is 0 Å². The molecule has 160 valence electrons. The fraction of sp³-hybridized carbons (Fsp3) is 0.500. The molecular weight excluding hydrogens is 368 g/mol. The lowest BCUT2D eigenvalue weighted by atomic mass is 9.75. The van der Waals surface area contributed by atoms with Crippen molar-refractivity contribution in [3.8, 4) is 0 Å². The highest BCUT2D eigenvalue weighted by Gasteiger charge is 2.45. The Kier molecular flexibility index (Phi) is 5.67. The summed E-state index contributed by atoms with van der Waals surface area (Å²) in [5.74, 6) is 1.16. The van der Waals surface area contributed by atoms with Gasteiger partial charge in [0.05, 0.1) is 11.2 Å². The predicted octanol–water partition coefficient (Wildman–Crippen LogP) is 6.03. The second-order valence-corrected chi connectivity index (χ2v) is 10.1. The smallest absolute Gasteiger partial charge is 0.0933 e. The van der Waals surface area contributed by atoms with E-state index in [1.807, 2.05) is 38.1 Å². The Balaban J connectivity index is 1.64. The predicted molar refractivity (Wildman–Crippen MR) is 123 cm³/mol. The summed E-state index contributed by atoms with van der Waals surface area (Å²) in [6.45, 7) is 8.06. The zero-order valence-electron chi connectivity index (χ0n) is 18.8. The van der Waals surface area contributed by atoms with Gasteiger partial charge in [-0.1, -0.05) is 71.8 Å². The molecule has 2 fully saturated rings. The Labute approximate surface area is 181 Å². The maximum Gasteiger partial charge on any atom is 0.0933 e. The molecule has 0 aliphatic heterocycles. The van der Waals surface area contributed by atoms with Crippen LogP contribution in [0, 0.1) is 37.5 Å². The zero-order valence-corrected chi connectivity index (χ0v) is 18.8. The molecule has 0 aromatic heterocycles. The lowest BCUT2D eigenvalue weighted by Crippen LogP contribution is -2.34. The molecule has 2 aromatic rings. The molecule has 0 saturated heterocycles. The molecule has 2 aliphatic rings. The molecule has 30 heavy (non-hydrogen) atoms. The highest BCUT2D eigenvalue weighted by Crippen LogP contribution is 2.50. The van der Waals surface area contributed by atoms with E-state index >= 15 is 0 Å². The average Bonchev–Trinajstić information content (AvgIpc) is 3.59. The Hall–Kier alpha value is -1.90. The summed E-state index contributed by atoms with van der Waals surface area (Å²) in [7, 11) is 0. The topological polar surface area (TPSA) is 40.5 Å². The number of aryl methyl sites for hydroxylation is 2. The number of rotatable bonds is 8. The van der Waals surface area contributed by atoms with Gasteiger partial charge in [-0.05, 0) is 76.3 Å². The van der Waals surface area contributed by atoms with E-state index in [0.717, 1.165) is 11.1 Å². The van der Waals surface area contributed by atoms with Crippen LogP contribution in [0.3, 0.4) is 0 Å². The van der Waals surface area contributed by atoms with Crippen molar-refractivity contribution in [2.75, 3.05) is 0 Å². The standard InChI is InChI=1S/C28H36O2/c1-19-7-5-9-23(17-19)27(3,29)25(21-11-12-21)15-16-26(22-13-14-22)28(4,30)24-10-6-8-20(2)18-24/h5-10,15-18,21-22,25-26,29-30H,11-14H2,1-4H3/b16-15-/t25-,26+,27-,28+. The molecule has 0 unspecified atom stereocenters. The monoisotopic (exact) mass is 404 g/mol. The van der Waals surface area contributed by atoms with Crippen LogP contribution in [-0.2, 0) is 11.2 Å². The third-order valence-electron chi connectivity index (χ3n) is 7.29. The molecular formula is C28H36O2. The lowest BCUT2D eigenvalue weighted by molar-refractivity contribution is -0.00258. The first-order chi connectivity index (χ1) is 14.2. The van der Waals surface area contributed by atoms with E-state index in [1.54, 1.807) is 0 Å². The Bertz CT molecular complexity index is 840. The minimum Gasteiger partial charge on any atom is -0.385 e. The molecule has 2 heteroatoms. The molecule has 0 bridgehead atoms. The number of benzene rings is 2. The number of aliphatic hydroxyl groups is 2. The number of hydrogen-bond acceptors (Lipinski definition) is 2. The Morgan fingerprint density at radius 2 is 1.10 bits per heavy atom. The van der Waals surface area contributed by atoms with Gasteiger partial charge in [0.1, 0.15) is 0 Å². The fourth-order valence-corrected chi connectivity index (χ4v) is 5.06. The van der Waals surface area contributed by atoms with Gasteiger partial charge in [0, 0.05) is 11.8 Å². The van der Waals surface area contributed by atoms with Crippen molar-refractivity contribution < 1.29 is 10.2 Å². The summed E-state index contributed by atoms with van der Waals surface area (Å²) in [4.78, 5) is 0. The van der Waals surface area contributed by atoms with Crippen LogP contribution in [0.5, 0.6) is 0 Å². The van der Waals surface area contributed by atoms with Gasteiger partial charge >= 0.3 is 0 Å². The van der Waals surface area contributed by atoms with Crippen LogP contribution in [-0.4, -0.2) is 10.2 Å². The third-order valence-corrected chi connectivity index (χ3v) is 7.29. The van der Waals surface area contributed by atoms with Gasteiger partial charge in [-0.3, -0.25) is 0 Å². The minimum atomic E-state index is -0.910. The van der Waals surface area contributed by atoms with Gasteiger partial charge in [-0.2, -0.15) is 0 Å². The van der Waals surface area contributed by atoms with Gasteiger partial charge in [0.2, 0.25) is 0 Å². The van der Waals surface area contributed by atoms with Crippen LogP contribution in [0.4, 0.5) is 0 Å². The molecule has 2 aromatic carbocycles. The first kappa shape index (κ1) is 21.3. The van der Waals surface area contributed by atoms with Gasteiger partial charge < -0.3 is 10.2 Å². The minimum absolute atomic E-state index is 0.0638.